The second kappa shape index (κ2) is 6.48. The molecule has 2 rings (SSSR count). The summed E-state index contributed by atoms with van der Waals surface area (Å²) in [7, 11) is 0. The molecule has 0 aliphatic heterocycles. The van der Waals surface area contributed by atoms with E-state index in [4.69, 9.17) is 17.4 Å². The molecule has 0 saturated heterocycles. The van der Waals surface area contributed by atoms with Crippen LogP contribution >= 0.6 is 27.5 Å². The highest BCUT2D eigenvalue weighted by atomic mass is 79.9. The van der Waals surface area contributed by atoms with Crippen molar-refractivity contribution in [1.82, 2.24) is 10.4 Å². The molecule has 1 aromatic heterocycles. The van der Waals surface area contributed by atoms with Crippen molar-refractivity contribution in [1.29, 1.82) is 0 Å². The number of nitrogens with two attached hydrogens (primary N) is 1. The molecule has 0 spiro atoms. The van der Waals surface area contributed by atoms with Crippen LogP contribution in [0.25, 0.3) is 0 Å². The fraction of sp³-hybridized carbons (Fsp3) is 0.214. The highest BCUT2D eigenvalue weighted by Gasteiger charge is 2.15. The SMILES string of the molecule is Cc1cccnc1C(Cc1ccc(Br)cc1Cl)NN. The fourth-order valence-corrected chi connectivity index (χ4v) is 2.75. The van der Waals surface area contributed by atoms with Crippen LogP contribution in [0.5, 0.6) is 0 Å². The van der Waals surface area contributed by atoms with Crippen LogP contribution in [0.2, 0.25) is 5.02 Å². The second-order valence-corrected chi connectivity index (χ2v) is 5.69. The molecule has 0 radical (unpaired) electrons. The van der Waals surface area contributed by atoms with Gasteiger partial charge in [0.2, 0.25) is 0 Å². The Bertz CT molecular complexity index is 574. The number of aromatic nitrogens is 1. The van der Waals surface area contributed by atoms with Gasteiger partial charge in [0, 0.05) is 15.7 Å². The van der Waals surface area contributed by atoms with E-state index in [0.717, 1.165) is 26.3 Å². The van der Waals surface area contributed by atoms with E-state index in [1.807, 2.05) is 37.3 Å². The molecule has 0 aliphatic carbocycles. The largest absolute Gasteiger partial charge is 0.271 e. The second-order valence-electron chi connectivity index (χ2n) is 4.36. The minimum absolute atomic E-state index is 0.0557. The molecular weight excluding hydrogens is 326 g/mol. The summed E-state index contributed by atoms with van der Waals surface area (Å²) in [5.74, 6) is 5.66. The topological polar surface area (TPSA) is 50.9 Å². The Kier molecular flexibility index (Phi) is 4.93. The number of nitrogens with one attached hydrogen (secondary N) is 1. The number of hydrogen-bond acceptors (Lipinski definition) is 3. The van der Waals surface area contributed by atoms with Gasteiger partial charge in [-0.2, -0.15) is 0 Å². The molecule has 0 aliphatic rings. The molecule has 1 unspecified atom stereocenters. The number of aryl methyl sites for hydroxylation is 1. The lowest BCUT2D eigenvalue weighted by Crippen LogP contribution is -2.30. The van der Waals surface area contributed by atoms with Crippen LogP contribution in [0, 0.1) is 6.92 Å². The van der Waals surface area contributed by atoms with Gasteiger partial charge < -0.3 is 0 Å². The van der Waals surface area contributed by atoms with Crippen LogP contribution in [0.15, 0.2) is 41.0 Å². The van der Waals surface area contributed by atoms with Gasteiger partial charge in [-0.3, -0.25) is 16.3 Å². The first-order valence-electron chi connectivity index (χ1n) is 5.93. The Labute approximate surface area is 126 Å². The van der Waals surface area contributed by atoms with Crippen LogP contribution < -0.4 is 11.3 Å². The normalized spacial score (nSPS) is 12.4. The molecule has 3 nitrogen and oxygen atoms in total. The molecule has 1 atom stereocenters. The highest BCUT2D eigenvalue weighted by Crippen LogP contribution is 2.26. The zero-order valence-electron chi connectivity index (χ0n) is 10.5. The van der Waals surface area contributed by atoms with Crippen LogP contribution in [-0.2, 0) is 6.42 Å². The van der Waals surface area contributed by atoms with Gasteiger partial charge in [-0.1, -0.05) is 39.7 Å². The Hall–Kier alpha value is -0.940. The summed E-state index contributed by atoms with van der Waals surface area (Å²) in [6.45, 7) is 2.02. The van der Waals surface area contributed by atoms with Gasteiger partial charge in [0.15, 0.2) is 0 Å². The smallest absolute Gasteiger partial charge is 0.0675 e. The van der Waals surface area contributed by atoms with Gasteiger partial charge in [0.05, 0.1) is 11.7 Å². The minimum Gasteiger partial charge on any atom is -0.271 e. The predicted octanol–water partition coefficient (Wildman–Crippen LogP) is 3.55. The van der Waals surface area contributed by atoms with Gasteiger partial charge in [-0.05, 0) is 42.7 Å². The highest BCUT2D eigenvalue weighted by molar-refractivity contribution is 9.10. The first kappa shape index (κ1) is 14.5. The van der Waals surface area contributed by atoms with Gasteiger partial charge in [0.25, 0.3) is 0 Å². The molecule has 100 valence electrons. The lowest BCUT2D eigenvalue weighted by atomic mass is 10.0. The van der Waals surface area contributed by atoms with Crippen molar-refractivity contribution in [3.8, 4) is 0 Å². The molecule has 2 aromatic rings. The zero-order valence-corrected chi connectivity index (χ0v) is 12.9. The summed E-state index contributed by atoms with van der Waals surface area (Å²) in [6.07, 6.45) is 2.47. The molecule has 0 saturated carbocycles. The Balaban J connectivity index is 2.27. The zero-order chi connectivity index (χ0) is 13.8. The lowest BCUT2D eigenvalue weighted by molar-refractivity contribution is 0.535. The lowest BCUT2D eigenvalue weighted by Gasteiger charge is -2.18. The molecule has 3 N–H and O–H groups in total. The monoisotopic (exact) mass is 339 g/mol. The molecule has 19 heavy (non-hydrogen) atoms. The van der Waals surface area contributed by atoms with E-state index in [0.29, 0.717) is 6.42 Å². The van der Waals surface area contributed by atoms with Crippen molar-refractivity contribution in [3.63, 3.8) is 0 Å². The minimum atomic E-state index is -0.0557. The van der Waals surface area contributed by atoms with E-state index in [1.165, 1.54) is 0 Å². The van der Waals surface area contributed by atoms with Crippen molar-refractivity contribution in [3.05, 3.63) is 62.8 Å². The van der Waals surface area contributed by atoms with E-state index in [-0.39, 0.29) is 6.04 Å². The molecule has 1 aromatic carbocycles. The van der Waals surface area contributed by atoms with Crippen LogP contribution in [0.3, 0.4) is 0 Å². The number of pyridine rings is 1. The van der Waals surface area contributed by atoms with Crippen molar-refractivity contribution in [2.45, 2.75) is 19.4 Å². The summed E-state index contributed by atoms with van der Waals surface area (Å²) >= 11 is 9.64. The molecule has 5 heteroatoms. The predicted molar refractivity (Wildman–Crippen MR) is 81.9 cm³/mol. The average Bonchev–Trinajstić information content (AvgIpc) is 2.39. The number of nitrogens with zero attached hydrogens (tertiary/aromatic N) is 1. The summed E-state index contributed by atoms with van der Waals surface area (Å²) in [6, 6.07) is 9.74. The number of rotatable bonds is 4. The Morgan fingerprint density at radius 1 is 1.42 bits per heavy atom. The standard InChI is InChI=1S/C14H15BrClN3/c1-9-3-2-6-18-14(9)13(19-17)7-10-4-5-11(15)8-12(10)16/h2-6,8,13,19H,7,17H2,1H3. The molecule has 0 fully saturated rings. The number of halogens is 2. The van der Waals surface area contributed by atoms with Crippen LogP contribution in [0.1, 0.15) is 22.9 Å². The van der Waals surface area contributed by atoms with E-state index < -0.39 is 0 Å². The van der Waals surface area contributed by atoms with Gasteiger partial charge in [-0.25, -0.2) is 0 Å². The van der Waals surface area contributed by atoms with E-state index in [1.54, 1.807) is 6.20 Å². The molecule has 1 heterocycles. The number of hydrogen-bond donors (Lipinski definition) is 2. The van der Waals surface area contributed by atoms with Crippen LogP contribution in [-0.4, -0.2) is 4.98 Å². The number of benzene rings is 1. The Morgan fingerprint density at radius 2 is 2.21 bits per heavy atom. The van der Waals surface area contributed by atoms with Crippen molar-refractivity contribution in [2.75, 3.05) is 0 Å². The summed E-state index contributed by atoms with van der Waals surface area (Å²) in [5, 5.41) is 0.725. The average molecular weight is 341 g/mol. The third-order valence-corrected chi connectivity index (χ3v) is 3.87. The van der Waals surface area contributed by atoms with Crippen molar-refractivity contribution < 1.29 is 0 Å². The van der Waals surface area contributed by atoms with Gasteiger partial charge in [0.1, 0.15) is 0 Å². The summed E-state index contributed by atoms with van der Waals surface area (Å²) < 4.78 is 0.965. The Morgan fingerprint density at radius 3 is 2.84 bits per heavy atom. The molecule has 0 bridgehead atoms. The van der Waals surface area contributed by atoms with Gasteiger partial charge >= 0.3 is 0 Å². The maximum atomic E-state index is 6.24. The summed E-state index contributed by atoms with van der Waals surface area (Å²) in [5.41, 5.74) is 5.91. The van der Waals surface area contributed by atoms with E-state index in [9.17, 15) is 0 Å². The van der Waals surface area contributed by atoms with Crippen molar-refractivity contribution >= 4 is 27.5 Å². The quantitative estimate of drug-likeness (QED) is 0.661. The maximum Gasteiger partial charge on any atom is 0.0675 e. The van der Waals surface area contributed by atoms with E-state index in [2.05, 4.69) is 26.3 Å². The van der Waals surface area contributed by atoms with E-state index >= 15 is 0 Å². The maximum absolute atomic E-state index is 6.24. The third kappa shape index (κ3) is 3.54. The number of hydrazine groups is 1. The van der Waals surface area contributed by atoms with Crippen LogP contribution in [0.4, 0.5) is 0 Å². The third-order valence-electron chi connectivity index (χ3n) is 3.02. The van der Waals surface area contributed by atoms with Gasteiger partial charge in [-0.15, -0.1) is 0 Å². The molecule has 0 amide bonds. The molecular formula is C14H15BrClN3. The van der Waals surface area contributed by atoms with Crippen molar-refractivity contribution in [2.24, 2.45) is 5.84 Å². The summed E-state index contributed by atoms with van der Waals surface area (Å²) in [4.78, 5) is 4.40. The first-order chi connectivity index (χ1) is 9.11. The fourth-order valence-electron chi connectivity index (χ4n) is 2.00. The first-order valence-corrected chi connectivity index (χ1v) is 7.10.